The molecule has 2 nitrogen and oxygen atoms in total. The zero-order chi connectivity index (χ0) is 12.5. The molecule has 17 heavy (non-hydrogen) atoms. The molecular weight excluding hydrogens is 224 g/mol. The second-order valence-electron chi connectivity index (χ2n) is 4.81. The lowest BCUT2D eigenvalue weighted by Gasteiger charge is -2.33. The monoisotopic (exact) mass is 241 g/mol. The number of benzene rings is 1. The average Bonchev–Trinajstić information content (AvgIpc) is 2.31. The van der Waals surface area contributed by atoms with E-state index in [9.17, 15) is 13.9 Å². The molecule has 1 aromatic rings. The molecule has 1 fully saturated rings. The Kier molecular flexibility index (Phi) is 3.45. The molecule has 1 saturated heterocycles. The number of aliphatic hydroxyl groups is 1. The van der Waals surface area contributed by atoms with E-state index in [1.165, 1.54) is 12.1 Å². The van der Waals surface area contributed by atoms with Crippen LogP contribution in [0.3, 0.4) is 0 Å². The SMILES string of the molecule is Cc1ccc(F)c(CC2(O)CCNCC2)c1F. The maximum absolute atomic E-state index is 13.8. The number of nitrogens with one attached hydrogen (secondary N) is 1. The van der Waals surface area contributed by atoms with E-state index in [4.69, 9.17) is 0 Å². The van der Waals surface area contributed by atoms with E-state index in [1.807, 2.05) is 0 Å². The fraction of sp³-hybridized carbons (Fsp3) is 0.538. The first-order valence-electron chi connectivity index (χ1n) is 5.88. The first kappa shape index (κ1) is 12.5. The van der Waals surface area contributed by atoms with Crippen molar-refractivity contribution in [3.63, 3.8) is 0 Å². The third kappa shape index (κ3) is 2.64. The van der Waals surface area contributed by atoms with E-state index < -0.39 is 17.2 Å². The molecule has 94 valence electrons. The van der Waals surface area contributed by atoms with E-state index >= 15 is 0 Å². The summed E-state index contributed by atoms with van der Waals surface area (Å²) in [4.78, 5) is 0. The fourth-order valence-corrected chi connectivity index (χ4v) is 2.27. The van der Waals surface area contributed by atoms with Crippen LogP contribution in [0.2, 0.25) is 0 Å². The van der Waals surface area contributed by atoms with Crippen LogP contribution in [0.15, 0.2) is 12.1 Å². The maximum atomic E-state index is 13.8. The third-order valence-corrected chi connectivity index (χ3v) is 3.42. The molecule has 0 radical (unpaired) electrons. The minimum Gasteiger partial charge on any atom is -0.389 e. The molecule has 0 amide bonds. The second kappa shape index (κ2) is 4.70. The zero-order valence-electron chi connectivity index (χ0n) is 9.89. The van der Waals surface area contributed by atoms with Gasteiger partial charge in [-0.05, 0) is 44.5 Å². The highest BCUT2D eigenvalue weighted by Crippen LogP contribution is 2.27. The van der Waals surface area contributed by atoms with Crippen molar-refractivity contribution in [2.45, 2.75) is 31.8 Å². The lowest BCUT2D eigenvalue weighted by atomic mass is 9.85. The number of rotatable bonds is 2. The Bertz CT molecular complexity index is 414. The van der Waals surface area contributed by atoms with Crippen LogP contribution in [0.5, 0.6) is 0 Å². The number of aryl methyl sites for hydroxylation is 1. The smallest absolute Gasteiger partial charge is 0.132 e. The van der Waals surface area contributed by atoms with Crippen LogP contribution in [0.25, 0.3) is 0 Å². The predicted octanol–water partition coefficient (Wildman–Crippen LogP) is 1.93. The molecule has 0 atom stereocenters. The maximum Gasteiger partial charge on any atom is 0.132 e. The Labute approximate surface area is 99.7 Å². The Morgan fingerprint density at radius 1 is 1.29 bits per heavy atom. The highest BCUT2D eigenvalue weighted by molar-refractivity contribution is 5.28. The van der Waals surface area contributed by atoms with Gasteiger partial charge in [0.1, 0.15) is 11.6 Å². The summed E-state index contributed by atoms with van der Waals surface area (Å²) in [6.45, 7) is 2.97. The third-order valence-electron chi connectivity index (χ3n) is 3.42. The molecule has 1 aromatic carbocycles. The molecular formula is C13H17F2NO. The quantitative estimate of drug-likeness (QED) is 0.829. The van der Waals surface area contributed by atoms with Crippen LogP contribution in [0.4, 0.5) is 8.78 Å². The molecule has 4 heteroatoms. The van der Waals surface area contributed by atoms with E-state index in [-0.39, 0.29) is 12.0 Å². The Morgan fingerprint density at radius 2 is 1.94 bits per heavy atom. The predicted molar refractivity (Wildman–Crippen MR) is 61.9 cm³/mol. The summed E-state index contributed by atoms with van der Waals surface area (Å²) in [6, 6.07) is 2.68. The van der Waals surface area contributed by atoms with Gasteiger partial charge in [0.05, 0.1) is 5.60 Å². The highest BCUT2D eigenvalue weighted by Gasteiger charge is 2.31. The Hall–Kier alpha value is -1.00. The van der Waals surface area contributed by atoms with Gasteiger partial charge in [-0.3, -0.25) is 0 Å². The molecule has 0 aromatic heterocycles. The molecule has 1 aliphatic rings. The molecule has 0 spiro atoms. The minimum absolute atomic E-state index is 0.00870. The van der Waals surface area contributed by atoms with Crippen molar-refractivity contribution >= 4 is 0 Å². The molecule has 1 heterocycles. The number of hydrogen-bond acceptors (Lipinski definition) is 2. The summed E-state index contributed by atoms with van der Waals surface area (Å²) in [7, 11) is 0. The van der Waals surface area contributed by atoms with Gasteiger partial charge in [0.2, 0.25) is 0 Å². The Balaban J connectivity index is 2.26. The lowest BCUT2D eigenvalue weighted by Crippen LogP contribution is -2.43. The molecule has 2 rings (SSSR count). The summed E-state index contributed by atoms with van der Waals surface area (Å²) >= 11 is 0. The van der Waals surface area contributed by atoms with Crippen molar-refractivity contribution in [3.8, 4) is 0 Å². The number of piperidine rings is 1. The van der Waals surface area contributed by atoms with Gasteiger partial charge in [-0.15, -0.1) is 0 Å². The molecule has 0 unspecified atom stereocenters. The summed E-state index contributed by atoms with van der Waals surface area (Å²) in [5.74, 6) is -1.10. The fourth-order valence-electron chi connectivity index (χ4n) is 2.27. The van der Waals surface area contributed by atoms with Crippen molar-refractivity contribution < 1.29 is 13.9 Å². The summed E-state index contributed by atoms with van der Waals surface area (Å²) < 4.78 is 27.4. The van der Waals surface area contributed by atoms with Crippen LogP contribution in [0, 0.1) is 18.6 Å². The molecule has 0 saturated carbocycles. The van der Waals surface area contributed by atoms with Gasteiger partial charge in [0.15, 0.2) is 0 Å². The van der Waals surface area contributed by atoms with E-state index in [2.05, 4.69) is 5.32 Å². The summed E-state index contributed by atoms with van der Waals surface area (Å²) in [5.41, 5.74) is -0.561. The normalized spacial score (nSPS) is 19.3. The molecule has 0 aliphatic carbocycles. The van der Waals surface area contributed by atoms with Crippen molar-refractivity contribution in [2.75, 3.05) is 13.1 Å². The first-order chi connectivity index (χ1) is 8.02. The lowest BCUT2D eigenvalue weighted by molar-refractivity contribution is 0.00935. The van der Waals surface area contributed by atoms with Crippen LogP contribution < -0.4 is 5.32 Å². The number of halogens is 2. The van der Waals surface area contributed by atoms with Crippen LogP contribution in [-0.2, 0) is 6.42 Å². The molecule has 0 bridgehead atoms. The van der Waals surface area contributed by atoms with Gasteiger partial charge in [-0.1, -0.05) is 6.07 Å². The van der Waals surface area contributed by atoms with Gasteiger partial charge in [0, 0.05) is 12.0 Å². The van der Waals surface area contributed by atoms with E-state index in [0.717, 1.165) is 0 Å². The van der Waals surface area contributed by atoms with Gasteiger partial charge in [0.25, 0.3) is 0 Å². The summed E-state index contributed by atoms with van der Waals surface area (Å²) in [6.07, 6.45) is 1.10. The summed E-state index contributed by atoms with van der Waals surface area (Å²) in [5, 5.41) is 13.4. The average molecular weight is 241 g/mol. The van der Waals surface area contributed by atoms with Crippen LogP contribution in [0.1, 0.15) is 24.0 Å². The van der Waals surface area contributed by atoms with Crippen molar-refractivity contribution in [2.24, 2.45) is 0 Å². The van der Waals surface area contributed by atoms with E-state index in [1.54, 1.807) is 6.92 Å². The minimum atomic E-state index is -0.985. The molecule has 1 aliphatic heterocycles. The van der Waals surface area contributed by atoms with Gasteiger partial charge >= 0.3 is 0 Å². The largest absolute Gasteiger partial charge is 0.389 e. The molecule has 2 N–H and O–H groups in total. The topological polar surface area (TPSA) is 32.3 Å². The van der Waals surface area contributed by atoms with Gasteiger partial charge in [-0.25, -0.2) is 8.78 Å². The van der Waals surface area contributed by atoms with Crippen molar-refractivity contribution in [3.05, 3.63) is 34.9 Å². The zero-order valence-corrected chi connectivity index (χ0v) is 9.89. The van der Waals surface area contributed by atoms with Gasteiger partial charge < -0.3 is 10.4 Å². The van der Waals surface area contributed by atoms with Crippen LogP contribution >= 0.6 is 0 Å². The van der Waals surface area contributed by atoms with Crippen molar-refractivity contribution in [1.29, 1.82) is 0 Å². The van der Waals surface area contributed by atoms with Crippen molar-refractivity contribution in [1.82, 2.24) is 5.32 Å². The Morgan fingerprint density at radius 3 is 2.59 bits per heavy atom. The highest BCUT2D eigenvalue weighted by atomic mass is 19.1. The standard InChI is InChI=1S/C13H17F2NO/c1-9-2-3-11(14)10(12(9)15)8-13(17)4-6-16-7-5-13/h2-3,16-17H,4-8H2,1H3. The second-order valence-corrected chi connectivity index (χ2v) is 4.81. The van der Waals surface area contributed by atoms with Crippen LogP contribution in [-0.4, -0.2) is 23.8 Å². The number of hydrogen-bond donors (Lipinski definition) is 2. The first-order valence-corrected chi connectivity index (χ1v) is 5.88. The van der Waals surface area contributed by atoms with E-state index in [0.29, 0.717) is 31.5 Å². The van der Waals surface area contributed by atoms with Gasteiger partial charge in [-0.2, -0.15) is 0 Å².